The SMILES string of the molecule is O=C(CCCCCN1C(=O)/C(=C/c2ccccc2F)SC1=S)Nc1cccc(C(F)(F)F)c1. The highest BCUT2D eigenvalue weighted by Gasteiger charge is 2.32. The topological polar surface area (TPSA) is 49.4 Å². The number of carbonyl (C=O) groups excluding carboxylic acids is 2. The molecule has 1 saturated heterocycles. The molecule has 2 aromatic rings. The van der Waals surface area contributed by atoms with Crippen LogP contribution in [0.5, 0.6) is 0 Å². The van der Waals surface area contributed by atoms with Crippen molar-refractivity contribution in [3.8, 4) is 0 Å². The number of carbonyl (C=O) groups is 2. The summed E-state index contributed by atoms with van der Waals surface area (Å²) in [6, 6.07) is 10.6. The van der Waals surface area contributed by atoms with Gasteiger partial charge in [0.05, 0.1) is 10.5 Å². The first-order valence-corrected chi connectivity index (χ1v) is 11.3. The maximum Gasteiger partial charge on any atom is 0.416 e. The van der Waals surface area contributed by atoms with Crippen LogP contribution in [-0.2, 0) is 15.8 Å². The Morgan fingerprint density at radius 3 is 2.58 bits per heavy atom. The van der Waals surface area contributed by atoms with Gasteiger partial charge in [-0.05, 0) is 43.2 Å². The maximum atomic E-state index is 13.8. The van der Waals surface area contributed by atoms with Gasteiger partial charge in [-0.3, -0.25) is 14.5 Å². The molecule has 3 rings (SSSR count). The van der Waals surface area contributed by atoms with Crippen LogP contribution in [0.2, 0.25) is 0 Å². The van der Waals surface area contributed by atoms with Crippen LogP contribution in [0.1, 0.15) is 36.8 Å². The van der Waals surface area contributed by atoms with E-state index >= 15 is 0 Å². The van der Waals surface area contributed by atoms with Crippen LogP contribution in [0.3, 0.4) is 0 Å². The molecule has 0 aliphatic carbocycles. The molecule has 1 fully saturated rings. The molecule has 33 heavy (non-hydrogen) atoms. The number of rotatable bonds is 8. The molecule has 0 radical (unpaired) electrons. The molecule has 1 aliphatic heterocycles. The fourth-order valence-corrected chi connectivity index (χ4v) is 4.45. The second-order valence-electron chi connectivity index (χ2n) is 7.29. The molecule has 0 unspecified atom stereocenters. The van der Waals surface area contributed by atoms with Crippen molar-refractivity contribution in [1.82, 2.24) is 4.90 Å². The number of hydrogen-bond acceptors (Lipinski definition) is 4. The molecule has 4 nitrogen and oxygen atoms in total. The molecule has 10 heteroatoms. The number of halogens is 4. The molecular weight excluding hydrogens is 476 g/mol. The van der Waals surface area contributed by atoms with Crippen LogP contribution in [-0.4, -0.2) is 27.6 Å². The predicted molar refractivity (Wildman–Crippen MR) is 125 cm³/mol. The van der Waals surface area contributed by atoms with E-state index in [0.29, 0.717) is 40.6 Å². The van der Waals surface area contributed by atoms with Crippen molar-refractivity contribution in [2.24, 2.45) is 0 Å². The van der Waals surface area contributed by atoms with Gasteiger partial charge in [-0.15, -0.1) is 0 Å². The van der Waals surface area contributed by atoms with Crippen molar-refractivity contribution in [2.75, 3.05) is 11.9 Å². The number of amides is 2. The van der Waals surface area contributed by atoms with Gasteiger partial charge in [0.2, 0.25) is 5.91 Å². The lowest BCUT2D eigenvalue weighted by Crippen LogP contribution is -2.29. The highest BCUT2D eigenvalue weighted by atomic mass is 32.2. The Morgan fingerprint density at radius 2 is 1.85 bits per heavy atom. The Kier molecular flexibility index (Phi) is 8.25. The van der Waals surface area contributed by atoms with Crippen molar-refractivity contribution < 1.29 is 27.2 Å². The third kappa shape index (κ3) is 6.88. The van der Waals surface area contributed by atoms with Gasteiger partial charge in [-0.1, -0.05) is 54.7 Å². The van der Waals surface area contributed by atoms with Crippen LogP contribution in [0, 0.1) is 5.82 Å². The standard InChI is InChI=1S/C23H20F4N2O2S2/c24-18-10-4-3-7-15(18)13-19-21(31)29(22(32)33-19)12-5-1-2-11-20(30)28-17-9-6-8-16(14-17)23(25,26)27/h3-4,6-10,13-14H,1-2,5,11-12H2,(H,28,30)/b19-13-. The molecule has 1 heterocycles. The summed E-state index contributed by atoms with van der Waals surface area (Å²) in [5.41, 5.74) is -0.424. The second kappa shape index (κ2) is 10.9. The summed E-state index contributed by atoms with van der Waals surface area (Å²) in [5.74, 6) is -1.09. The molecule has 0 saturated carbocycles. The van der Waals surface area contributed by atoms with Gasteiger partial charge < -0.3 is 5.32 Å². The van der Waals surface area contributed by atoms with Crippen molar-refractivity contribution in [3.63, 3.8) is 0 Å². The minimum Gasteiger partial charge on any atom is -0.326 e. The van der Waals surface area contributed by atoms with Gasteiger partial charge in [0, 0.05) is 24.2 Å². The highest BCUT2D eigenvalue weighted by molar-refractivity contribution is 8.26. The number of hydrogen-bond donors (Lipinski definition) is 1. The number of benzene rings is 2. The van der Waals surface area contributed by atoms with Crippen LogP contribution in [0.4, 0.5) is 23.2 Å². The number of nitrogens with one attached hydrogen (secondary N) is 1. The Labute approximate surface area is 198 Å². The summed E-state index contributed by atoms with van der Waals surface area (Å²) in [5, 5.41) is 2.47. The minimum atomic E-state index is -4.48. The molecular formula is C23H20F4N2O2S2. The number of nitrogens with zero attached hydrogens (tertiary/aromatic N) is 1. The first kappa shape index (κ1) is 24.9. The Morgan fingerprint density at radius 1 is 1.09 bits per heavy atom. The van der Waals surface area contributed by atoms with E-state index in [0.717, 1.165) is 23.9 Å². The van der Waals surface area contributed by atoms with E-state index in [-0.39, 0.29) is 23.9 Å². The van der Waals surface area contributed by atoms with Gasteiger partial charge >= 0.3 is 6.18 Å². The van der Waals surface area contributed by atoms with Gasteiger partial charge in [0.25, 0.3) is 5.91 Å². The molecule has 0 bridgehead atoms. The quantitative estimate of drug-likeness (QED) is 0.203. The molecule has 0 atom stereocenters. The van der Waals surface area contributed by atoms with E-state index in [1.54, 1.807) is 18.2 Å². The Balaban J connectivity index is 1.43. The summed E-state index contributed by atoms with van der Waals surface area (Å²) in [6.45, 7) is 0.370. The minimum absolute atomic E-state index is 0.0917. The first-order valence-electron chi connectivity index (χ1n) is 10.1. The zero-order valence-electron chi connectivity index (χ0n) is 17.3. The molecule has 0 aromatic heterocycles. The highest BCUT2D eigenvalue weighted by Crippen LogP contribution is 2.33. The molecule has 2 amide bonds. The van der Waals surface area contributed by atoms with Gasteiger partial charge in [-0.2, -0.15) is 13.2 Å². The van der Waals surface area contributed by atoms with Crippen LogP contribution in [0.25, 0.3) is 6.08 Å². The lowest BCUT2D eigenvalue weighted by molar-refractivity contribution is -0.137. The smallest absolute Gasteiger partial charge is 0.326 e. The summed E-state index contributed by atoms with van der Waals surface area (Å²) in [4.78, 5) is 26.4. The van der Waals surface area contributed by atoms with Crippen LogP contribution >= 0.6 is 24.0 Å². The van der Waals surface area contributed by atoms with E-state index in [2.05, 4.69) is 5.32 Å². The van der Waals surface area contributed by atoms with Gasteiger partial charge in [-0.25, -0.2) is 4.39 Å². The Bertz CT molecular complexity index is 1090. The number of thioether (sulfide) groups is 1. The third-order valence-electron chi connectivity index (χ3n) is 4.82. The van der Waals surface area contributed by atoms with Crippen molar-refractivity contribution >= 4 is 51.9 Å². The molecule has 1 aliphatic rings. The average Bonchev–Trinajstić information content (AvgIpc) is 3.02. The number of unbranched alkanes of at least 4 members (excludes halogenated alkanes) is 2. The van der Waals surface area contributed by atoms with E-state index in [1.807, 2.05) is 0 Å². The number of thiocarbonyl (C=S) groups is 1. The number of anilines is 1. The monoisotopic (exact) mass is 496 g/mol. The largest absolute Gasteiger partial charge is 0.416 e. The predicted octanol–water partition coefficient (Wildman–Crippen LogP) is 6.24. The summed E-state index contributed by atoms with van der Waals surface area (Å²) >= 11 is 6.38. The number of alkyl halides is 3. The van der Waals surface area contributed by atoms with Crippen molar-refractivity contribution in [2.45, 2.75) is 31.9 Å². The fraction of sp³-hybridized carbons (Fsp3) is 0.261. The first-order chi connectivity index (χ1) is 15.6. The van der Waals surface area contributed by atoms with Crippen LogP contribution < -0.4 is 5.32 Å². The third-order valence-corrected chi connectivity index (χ3v) is 6.20. The lowest BCUT2D eigenvalue weighted by atomic mass is 10.1. The molecule has 0 spiro atoms. The summed E-state index contributed by atoms with van der Waals surface area (Å²) < 4.78 is 52.5. The van der Waals surface area contributed by atoms with E-state index in [1.165, 1.54) is 29.2 Å². The lowest BCUT2D eigenvalue weighted by Gasteiger charge is -2.14. The summed E-state index contributed by atoms with van der Waals surface area (Å²) in [6.07, 6.45) is -1.13. The van der Waals surface area contributed by atoms with E-state index in [9.17, 15) is 27.2 Å². The van der Waals surface area contributed by atoms with Gasteiger partial charge in [0.15, 0.2) is 0 Å². The molecule has 2 aromatic carbocycles. The fourth-order valence-electron chi connectivity index (χ4n) is 3.16. The zero-order chi connectivity index (χ0) is 24.0. The van der Waals surface area contributed by atoms with Crippen molar-refractivity contribution in [3.05, 3.63) is 70.4 Å². The van der Waals surface area contributed by atoms with Crippen molar-refractivity contribution in [1.29, 1.82) is 0 Å². The Hall–Kier alpha value is -2.72. The van der Waals surface area contributed by atoms with E-state index < -0.39 is 17.6 Å². The summed E-state index contributed by atoms with van der Waals surface area (Å²) in [7, 11) is 0. The van der Waals surface area contributed by atoms with Crippen LogP contribution in [0.15, 0.2) is 53.4 Å². The maximum absolute atomic E-state index is 13.8. The van der Waals surface area contributed by atoms with E-state index in [4.69, 9.17) is 12.2 Å². The normalized spacial score (nSPS) is 15.4. The van der Waals surface area contributed by atoms with Gasteiger partial charge in [0.1, 0.15) is 10.1 Å². The second-order valence-corrected chi connectivity index (χ2v) is 8.97. The molecule has 1 N–H and O–H groups in total. The molecule has 174 valence electrons. The zero-order valence-corrected chi connectivity index (χ0v) is 19.0. The average molecular weight is 497 g/mol.